The quantitative estimate of drug-likeness (QED) is 0.719. The van der Waals surface area contributed by atoms with Crippen molar-refractivity contribution >= 4 is 61.2 Å². The lowest BCUT2D eigenvalue weighted by Crippen LogP contribution is -2.08. The first-order valence-corrected chi connectivity index (χ1v) is 7.90. The fourth-order valence-corrected chi connectivity index (χ4v) is 4.28. The van der Waals surface area contributed by atoms with Crippen molar-refractivity contribution in [1.82, 2.24) is 0 Å². The molecule has 2 rings (SSSR count). The van der Waals surface area contributed by atoms with Gasteiger partial charge in [-0.1, -0.05) is 0 Å². The smallest absolute Gasteiger partial charge is 0.0656 e. The second kappa shape index (κ2) is 4.83. The highest BCUT2D eigenvalue weighted by atomic mass is 127. The zero-order valence-corrected chi connectivity index (χ0v) is 13.3. The minimum Gasteiger partial charge on any atom is -0.320 e. The molecule has 0 amide bonds. The van der Waals surface area contributed by atoms with Gasteiger partial charge >= 0.3 is 0 Å². The molecule has 1 nitrogen and oxygen atoms in total. The maximum atomic E-state index is 6.20. The number of nitrogens with two attached hydrogens (primary N) is 1. The number of aryl methyl sites for hydroxylation is 1. The van der Waals surface area contributed by atoms with Crippen LogP contribution < -0.4 is 5.73 Å². The Kier molecular flexibility index (Phi) is 3.88. The summed E-state index contributed by atoms with van der Waals surface area (Å²) >= 11 is 9.34. The lowest BCUT2D eigenvalue weighted by Gasteiger charge is -2.06. The monoisotopic (exact) mass is 413 g/mol. The van der Waals surface area contributed by atoms with E-state index in [1.165, 1.54) is 18.2 Å². The molecule has 0 radical (unpaired) electrons. The van der Waals surface area contributed by atoms with Gasteiger partial charge in [0.2, 0.25) is 0 Å². The van der Waals surface area contributed by atoms with Gasteiger partial charge in [-0.25, -0.2) is 0 Å². The molecular weight excluding hydrogens is 405 g/mol. The molecule has 5 heteroatoms. The van der Waals surface area contributed by atoms with E-state index in [2.05, 4.69) is 63.0 Å². The molecule has 0 bridgehead atoms. The van der Waals surface area contributed by atoms with E-state index >= 15 is 0 Å². The van der Waals surface area contributed by atoms with E-state index in [1.54, 1.807) is 22.7 Å². The van der Waals surface area contributed by atoms with Gasteiger partial charge in [0.05, 0.1) is 8.93 Å². The van der Waals surface area contributed by atoms with Crippen LogP contribution in [-0.4, -0.2) is 0 Å². The molecule has 0 spiro atoms. The minimum absolute atomic E-state index is 0.0137. The highest BCUT2D eigenvalue weighted by Gasteiger charge is 2.14. The Morgan fingerprint density at radius 3 is 2.67 bits per heavy atom. The molecule has 15 heavy (non-hydrogen) atoms. The summed E-state index contributed by atoms with van der Waals surface area (Å²) < 4.78 is 2.44. The summed E-state index contributed by atoms with van der Waals surface area (Å²) in [6, 6.07) is 4.29. The maximum Gasteiger partial charge on any atom is 0.0656 e. The van der Waals surface area contributed by atoms with Crippen LogP contribution in [0.5, 0.6) is 0 Å². The normalized spacial score (nSPS) is 13.1. The van der Waals surface area contributed by atoms with Crippen LogP contribution in [0.4, 0.5) is 0 Å². The predicted octanol–water partition coefficient (Wildman–Crippen LogP) is 4.53. The van der Waals surface area contributed by atoms with Gasteiger partial charge in [0.1, 0.15) is 0 Å². The van der Waals surface area contributed by atoms with Crippen molar-refractivity contribution in [3.63, 3.8) is 0 Å². The third-order valence-corrected chi connectivity index (χ3v) is 6.16. The average molecular weight is 414 g/mol. The topological polar surface area (TPSA) is 26.0 Å². The van der Waals surface area contributed by atoms with Gasteiger partial charge in [-0.15, -0.1) is 22.7 Å². The molecule has 80 valence electrons. The molecule has 1 unspecified atom stereocenters. The highest BCUT2D eigenvalue weighted by Crippen LogP contribution is 2.33. The van der Waals surface area contributed by atoms with Crippen molar-refractivity contribution in [2.75, 3.05) is 0 Å². The van der Waals surface area contributed by atoms with E-state index in [-0.39, 0.29) is 6.04 Å². The van der Waals surface area contributed by atoms with Gasteiger partial charge in [0, 0.05) is 14.2 Å². The Hall–Kier alpha value is 0.570. The van der Waals surface area contributed by atoms with Crippen LogP contribution in [-0.2, 0) is 0 Å². The zero-order chi connectivity index (χ0) is 11.0. The lowest BCUT2D eigenvalue weighted by atomic mass is 10.1. The van der Waals surface area contributed by atoms with Crippen molar-refractivity contribution in [1.29, 1.82) is 0 Å². The van der Waals surface area contributed by atoms with Gasteiger partial charge in [-0.2, -0.15) is 0 Å². The van der Waals surface area contributed by atoms with Crippen LogP contribution in [0.1, 0.15) is 21.4 Å². The van der Waals surface area contributed by atoms with Crippen LogP contribution in [0.25, 0.3) is 0 Å². The molecule has 0 aliphatic carbocycles. The van der Waals surface area contributed by atoms with E-state index < -0.39 is 0 Å². The first kappa shape index (κ1) is 12.0. The number of hydrogen-bond donors (Lipinski definition) is 1. The molecule has 0 fully saturated rings. The summed E-state index contributed by atoms with van der Waals surface area (Å²) in [4.78, 5) is 2.50. The first-order chi connectivity index (χ1) is 7.08. The van der Waals surface area contributed by atoms with Crippen molar-refractivity contribution in [2.45, 2.75) is 13.0 Å². The Bertz CT molecular complexity index is 458. The second-order valence-electron chi connectivity index (χ2n) is 3.21. The highest BCUT2D eigenvalue weighted by molar-refractivity contribution is 14.1. The summed E-state index contributed by atoms with van der Waals surface area (Å²) in [5, 5.41) is 2.13. The Balaban J connectivity index is 2.31. The van der Waals surface area contributed by atoms with Crippen molar-refractivity contribution in [3.8, 4) is 0 Å². The number of thiophene rings is 2. The molecule has 2 aromatic rings. The Labute approximate surface area is 119 Å². The minimum atomic E-state index is 0.0137. The molecule has 1 atom stereocenters. The number of halogens is 2. The summed E-state index contributed by atoms with van der Waals surface area (Å²) in [6.07, 6.45) is 0. The molecule has 0 aromatic carbocycles. The van der Waals surface area contributed by atoms with E-state index in [0.29, 0.717) is 0 Å². The fourth-order valence-electron chi connectivity index (χ4n) is 1.29. The molecule has 0 saturated carbocycles. The molecule has 2 aromatic heterocycles. The summed E-state index contributed by atoms with van der Waals surface area (Å²) in [6.45, 7) is 2.10. The predicted molar refractivity (Wildman–Crippen MR) is 79.8 cm³/mol. The van der Waals surface area contributed by atoms with E-state index in [9.17, 15) is 0 Å². The third-order valence-electron chi connectivity index (χ3n) is 2.13. The molecular formula is C10H9BrINS2. The average Bonchev–Trinajstić information content (AvgIpc) is 2.74. The molecule has 0 aliphatic heterocycles. The first-order valence-electron chi connectivity index (χ1n) is 4.33. The van der Waals surface area contributed by atoms with Crippen LogP contribution in [0.2, 0.25) is 0 Å². The van der Waals surface area contributed by atoms with Gasteiger partial charge in [0.15, 0.2) is 0 Å². The number of rotatable bonds is 2. The molecule has 0 aliphatic rings. The maximum absolute atomic E-state index is 6.20. The van der Waals surface area contributed by atoms with Crippen LogP contribution in [0, 0.1) is 9.81 Å². The molecule has 2 N–H and O–H groups in total. The van der Waals surface area contributed by atoms with Crippen LogP contribution in [0.3, 0.4) is 0 Å². The molecule has 0 saturated heterocycles. The fraction of sp³-hybridized carbons (Fsp3) is 0.200. The van der Waals surface area contributed by atoms with Crippen molar-refractivity contribution in [2.24, 2.45) is 5.73 Å². The standard InChI is InChI=1S/C10H9BrINS2/c1-5-7(11)3-8(15-5)10(13)6-2-9(12)14-4-6/h2-4,10H,13H2,1H3. The summed E-state index contributed by atoms with van der Waals surface area (Å²) in [5.41, 5.74) is 7.41. The van der Waals surface area contributed by atoms with Crippen molar-refractivity contribution < 1.29 is 0 Å². The van der Waals surface area contributed by atoms with Crippen LogP contribution in [0.15, 0.2) is 22.0 Å². The summed E-state index contributed by atoms with van der Waals surface area (Å²) in [7, 11) is 0. The van der Waals surface area contributed by atoms with Crippen LogP contribution >= 0.6 is 61.2 Å². The largest absolute Gasteiger partial charge is 0.320 e. The van der Waals surface area contributed by atoms with Gasteiger partial charge < -0.3 is 5.73 Å². The Morgan fingerprint density at radius 1 is 1.47 bits per heavy atom. The SMILES string of the molecule is Cc1sc(C(N)c2csc(I)c2)cc1Br. The van der Waals surface area contributed by atoms with Gasteiger partial charge in [0.25, 0.3) is 0 Å². The van der Waals surface area contributed by atoms with E-state index in [0.717, 1.165) is 4.47 Å². The second-order valence-corrected chi connectivity index (χ2v) is 8.16. The van der Waals surface area contributed by atoms with Gasteiger partial charge in [-0.05, 0) is 68.5 Å². The third kappa shape index (κ3) is 2.63. The number of hydrogen-bond acceptors (Lipinski definition) is 3. The van der Waals surface area contributed by atoms with Crippen molar-refractivity contribution in [3.05, 3.63) is 40.2 Å². The summed E-state index contributed by atoms with van der Waals surface area (Å²) in [5.74, 6) is 0. The van der Waals surface area contributed by atoms with E-state index in [4.69, 9.17) is 5.73 Å². The zero-order valence-electron chi connectivity index (χ0n) is 7.96. The lowest BCUT2D eigenvalue weighted by molar-refractivity contribution is 0.898. The molecule has 2 heterocycles. The Morgan fingerprint density at radius 2 is 2.20 bits per heavy atom. The van der Waals surface area contributed by atoms with E-state index in [1.807, 2.05) is 0 Å². The van der Waals surface area contributed by atoms with Gasteiger partial charge in [-0.3, -0.25) is 0 Å².